The van der Waals surface area contributed by atoms with Crippen LogP contribution in [-0.4, -0.2) is 75.3 Å². The number of aliphatic hydroxyl groups excluding tert-OH is 2. The van der Waals surface area contributed by atoms with E-state index in [1.165, 1.54) is 0 Å². The second-order valence-corrected chi connectivity index (χ2v) is 6.11. The topological polar surface area (TPSA) is 77.4 Å². The minimum absolute atomic E-state index is 0.251. The summed E-state index contributed by atoms with van der Waals surface area (Å²) in [5, 5.41) is 19.2. The summed E-state index contributed by atoms with van der Waals surface area (Å²) in [6.07, 6.45) is 0.438. The molecule has 0 aromatic heterocycles. The van der Waals surface area contributed by atoms with Gasteiger partial charge in [-0.15, -0.1) is 0 Å². The van der Waals surface area contributed by atoms with Gasteiger partial charge in [0.25, 0.3) is 0 Å². The summed E-state index contributed by atoms with van der Waals surface area (Å²) in [4.78, 5) is 0. The quantitative estimate of drug-likeness (QED) is 0.308. The molecule has 2 N–H and O–H groups in total. The van der Waals surface area contributed by atoms with Gasteiger partial charge in [-0.05, 0) is 26.7 Å². The molecule has 0 aliphatic heterocycles. The zero-order valence-electron chi connectivity index (χ0n) is 15.2. The molecule has 142 valence electrons. The highest BCUT2D eigenvalue weighted by Gasteiger charge is 2.05. The van der Waals surface area contributed by atoms with Crippen molar-refractivity contribution in [2.24, 2.45) is 0 Å². The normalized spacial score (nSPS) is 13.7. The van der Waals surface area contributed by atoms with E-state index in [-0.39, 0.29) is 26.4 Å². The fourth-order valence-electron chi connectivity index (χ4n) is 1.68. The number of rotatable bonds is 17. The van der Waals surface area contributed by atoms with E-state index < -0.39 is 12.2 Å². The van der Waals surface area contributed by atoms with Gasteiger partial charge in [-0.25, -0.2) is 0 Å². The lowest BCUT2D eigenvalue weighted by Crippen LogP contribution is -2.23. The Bertz CT molecular complexity index is 299. The van der Waals surface area contributed by atoms with Crippen LogP contribution < -0.4 is 0 Å². The summed E-state index contributed by atoms with van der Waals surface area (Å²) in [5.74, 6) is 0. The predicted molar refractivity (Wildman–Crippen MR) is 94.2 cm³/mol. The molecule has 0 aliphatic carbocycles. The monoisotopic (exact) mass is 346 g/mol. The molecule has 0 spiro atoms. The summed E-state index contributed by atoms with van der Waals surface area (Å²) in [6.45, 7) is 14.2. The minimum Gasteiger partial charge on any atom is -0.388 e. The van der Waals surface area contributed by atoms with Crippen molar-refractivity contribution >= 4 is 0 Å². The molecule has 6 nitrogen and oxygen atoms in total. The lowest BCUT2D eigenvalue weighted by molar-refractivity contribution is -0.0224. The Balaban J connectivity index is 3.29. The Hall–Kier alpha value is -0.760. The standard InChI is InChI=1S/C18H34O6/c1-15(2)9-23-13-17(19)11-21-7-5-6-8-22-12-18(20)14-24-10-16(3)4/h17-20H,1,3,5-14H2,2,4H3. The van der Waals surface area contributed by atoms with Crippen molar-refractivity contribution in [2.75, 3.05) is 52.9 Å². The number of unbranched alkanes of at least 4 members (excludes halogenated alkanes) is 1. The molecule has 2 atom stereocenters. The maximum absolute atomic E-state index is 9.62. The number of aliphatic hydroxyl groups is 2. The summed E-state index contributed by atoms with van der Waals surface area (Å²) in [7, 11) is 0. The van der Waals surface area contributed by atoms with Gasteiger partial charge in [-0.3, -0.25) is 0 Å². The molecule has 0 aliphatic rings. The number of ether oxygens (including phenoxy) is 4. The van der Waals surface area contributed by atoms with Crippen LogP contribution in [0, 0.1) is 0 Å². The average Bonchev–Trinajstić information content (AvgIpc) is 2.49. The van der Waals surface area contributed by atoms with E-state index >= 15 is 0 Å². The molecule has 0 bridgehead atoms. The zero-order valence-corrected chi connectivity index (χ0v) is 15.2. The molecular formula is C18H34O6. The Kier molecular flexibility index (Phi) is 15.3. The molecule has 6 heteroatoms. The van der Waals surface area contributed by atoms with Crippen molar-refractivity contribution in [1.29, 1.82) is 0 Å². The third-order valence-corrected chi connectivity index (χ3v) is 2.77. The van der Waals surface area contributed by atoms with E-state index in [9.17, 15) is 10.2 Å². The first kappa shape index (κ1) is 23.2. The van der Waals surface area contributed by atoms with Crippen LogP contribution in [-0.2, 0) is 18.9 Å². The smallest absolute Gasteiger partial charge is 0.101 e. The van der Waals surface area contributed by atoms with Crippen LogP contribution in [0.25, 0.3) is 0 Å². The highest BCUT2D eigenvalue weighted by atomic mass is 16.5. The molecule has 0 fully saturated rings. The number of hydrogen-bond acceptors (Lipinski definition) is 6. The Morgan fingerprint density at radius 3 is 1.38 bits per heavy atom. The van der Waals surface area contributed by atoms with E-state index in [4.69, 9.17) is 18.9 Å². The third kappa shape index (κ3) is 17.6. The van der Waals surface area contributed by atoms with Gasteiger partial charge in [-0.1, -0.05) is 24.3 Å². The lowest BCUT2D eigenvalue weighted by atomic mass is 10.3. The van der Waals surface area contributed by atoms with Gasteiger partial charge < -0.3 is 29.2 Å². The van der Waals surface area contributed by atoms with Crippen LogP contribution in [0.1, 0.15) is 26.7 Å². The maximum atomic E-state index is 9.62. The van der Waals surface area contributed by atoms with Gasteiger partial charge in [0.1, 0.15) is 12.2 Å². The SMILES string of the molecule is C=C(C)COCC(O)COCCCCOCC(O)COCC(=C)C. The van der Waals surface area contributed by atoms with Crippen LogP contribution in [0.2, 0.25) is 0 Å². The van der Waals surface area contributed by atoms with Gasteiger partial charge in [0.05, 0.1) is 39.6 Å². The first-order valence-electron chi connectivity index (χ1n) is 8.37. The molecule has 0 heterocycles. The predicted octanol–water partition coefficient (Wildman–Crippen LogP) is 1.71. The van der Waals surface area contributed by atoms with Crippen molar-refractivity contribution in [3.8, 4) is 0 Å². The van der Waals surface area contributed by atoms with Gasteiger partial charge in [0, 0.05) is 13.2 Å². The highest BCUT2D eigenvalue weighted by molar-refractivity contribution is 4.87. The van der Waals surface area contributed by atoms with Crippen molar-refractivity contribution in [2.45, 2.75) is 38.9 Å². The Morgan fingerprint density at radius 2 is 1.04 bits per heavy atom. The fourth-order valence-corrected chi connectivity index (χ4v) is 1.68. The molecule has 2 unspecified atom stereocenters. The van der Waals surface area contributed by atoms with Crippen molar-refractivity contribution in [3.63, 3.8) is 0 Å². The summed E-state index contributed by atoms with van der Waals surface area (Å²) >= 11 is 0. The van der Waals surface area contributed by atoms with Crippen molar-refractivity contribution < 1.29 is 29.2 Å². The molecular weight excluding hydrogens is 312 g/mol. The molecule has 24 heavy (non-hydrogen) atoms. The van der Waals surface area contributed by atoms with Gasteiger partial charge in [-0.2, -0.15) is 0 Å². The Morgan fingerprint density at radius 1 is 0.708 bits per heavy atom. The molecule has 0 radical (unpaired) electrons. The van der Waals surface area contributed by atoms with E-state index in [1.54, 1.807) is 0 Å². The first-order chi connectivity index (χ1) is 11.4. The van der Waals surface area contributed by atoms with E-state index in [1.807, 2.05) is 13.8 Å². The molecule has 0 aromatic rings. The second kappa shape index (κ2) is 15.7. The zero-order chi connectivity index (χ0) is 18.2. The first-order valence-corrected chi connectivity index (χ1v) is 8.37. The molecule has 0 rings (SSSR count). The summed E-state index contributed by atoms with van der Waals surface area (Å²) < 4.78 is 21.2. The molecule has 0 saturated carbocycles. The van der Waals surface area contributed by atoms with E-state index in [0.29, 0.717) is 26.4 Å². The van der Waals surface area contributed by atoms with Crippen LogP contribution in [0.4, 0.5) is 0 Å². The van der Waals surface area contributed by atoms with E-state index in [2.05, 4.69) is 13.2 Å². The van der Waals surface area contributed by atoms with Crippen molar-refractivity contribution in [1.82, 2.24) is 0 Å². The third-order valence-electron chi connectivity index (χ3n) is 2.77. The van der Waals surface area contributed by atoms with Crippen LogP contribution >= 0.6 is 0 Å². The minimum atomic E-state index is -0.616. The summed E-state index contributed by atoms with van der Waals surface area (Å²) in [6, 6.07) is 0. The van der Waals surface area contributed by atoms with Gasteiger partial charge in [0.2, 0.25) is 0 Å². The van der Waals surface area contributed by atoms with Gasteiger partial charge >= 0.3 is 0 Å². The van der Waals surface area contributed by atoms with E-state index in [0.717, 1.165) is 24.0 Å². The van der Waals surface area contributed by atoms with Crippen LogP contribution in [0.3, 0.4) is 0 Å². The lowest BCUT2D eigenvalue weighted by Gasteiger charge is -2.13. The molecule has 0 aromatic carbocycles. The average molecular weight is 346 g/mol. The molecule has 0 amide bonds. The largest absolute Gasteiger partial charge is 0.388 e. The fraction of sp³-hybridized carbons (Fsp3) is 0.778. The highest BCUT2D eigenvalue weighted by Crippen LogP contribution is 1.97. The summed E-state index contributed by atoms with van der Waals surface area (Å²) in [5.41, 5.74) is 1.85. The van der Waals surface area contributed by atoms with Crippen LogP contribution in [0.5, 0.6) is 0 Å². The second-order valence-electron chi connectivity index (χ2n) is 6.11. The Labute approximate surface area is 146 Å². The molecule has 0 saturated heterocycles. The maximum Gasteiger partial charge on any atom is 0.101 e. The van der Waals surface area contributed by atoms with Crippen LogP contribution in [0.15, 0.2) is 24.3 Å². The number of hydrogen-bond donors (Lipinski definition) is 2. The van der Waals surface area contributed by atoms with Gasteiger partial charge in [0.15, 0.2) is 0 Å². The van der Waals surface area contributed by atoms with Crippen molar-refractivity contribution in [3.05, 3.63) is 24.3 Å².